The number of imide groups is 1. The molecule has 0 radical (unpaired) electrons. The molecule has 2 aromatic carbocycles. The van der Waals surface area contributed by atoms with Crippen molar-refractivity contribution in [3.05, 3.63) is 101 Å². The lowest BCUT2D eigenvalue weighted by molar-refractivity contribution is -0.136. The molecule has 48 heavy (non-hydrogen) atoms. The number of carbonyl (C=O) groups excluding carboxylic acids is 3. The van der Waals surface area contributed by atoms with Crippen LogP contribution in [0, 0.1) is 0 Å². The summed E-state index contributed by atoms with van der Waals surface area (Å²) in [5.41, 5.74) is 6.34. The molecule has 0 spiro atoms. The van der Waals surface area contributed by atoms with Crippen LogP contribution in [0.4, 0.5) is 11.6 Å². The van der Waals surface area contributed by atoms with Crippen LogP contribution < -0.4 is 10.6 Å². The maximum atomic E-state index is 13.1. The van der Waals surface area contributed by atoms with E-state index in [-0.39, 0.29) is 18.2 Å². The highest BCUT2D eigenvalue weighted by Gasteiger charge is 2.41. The molecule has 8 rings (SSSR count). The van der Waals surface area contributed by atoms with Crippen molar-refractivity contribution in [2.45, 2.75) is 69.2 Å². The van der Waals surface area contributed by atoms with Gasteiger partial charge in [-0.05, 0) is 78.5 Å². The van der Waals surface area contributed by atoms with Gasteiger partial charge in [0.2, 0.25) is 17.8 Å². The average Bonchev–Trinajstić information content (AvgIpc) is 3.90. The molecular formula is C37H37N7O4. The number of aromatic nitrogens is 3. The third kappa shape index (κ3) is 6.07. The Morgan fingerprint density at radius 3 is 2.35 bits per heavy atom. The molecule has 0 bridgehead atoms. The Balaban J connectivity index is 0.851. The Kier molecular flexibility index (Phi) is 7.73. The van der Waals surface area contributed by atoms with E-state index in [9.17, 15) is 19.5 Å². The number of rotatable bonds is 8. The fraction of sp³-hybridized carbons (Fsp3) is 0.351. The third-order valence-electron chi connectivity index (χ3n) is 10.1. The van der Waals surface area contributed by atoms with Crippen molar-refractivity contribution in [1.82, 2.24) is 30.1 Å². The molecule has 11 heteroatoms. The topological polar surface area (TPSA) is 141 Å². The fourth-order valence-corrected chi connectivity index (χ4v) is 7.07. The minimum Gasteiger partial charge on any atom is -0.385 e. The van der Waals surface area contributed by atoms with E-state index in [4.69, 9.17) is 0 Å². The summed E-state index contributed by atoms with van der Waals surface area (Å²) in [6.07, 6.45) is 9.76. The lowest BCUT2D eigenvalue weighted by Gasteiger charge is -2.38. The number of fused-ring (bicyclic) bond motifs is 1. The monoisotopic (exact) mass is 643 g/mol. The normalized spacial score (nSPS) is 20.8. The SMILES string of the molecule is O=C1CCC(N2Cc3cc(C4(O)CCN(Cc5ccc(-c6ccc(Nc7ncc(C8CC8)cn7)cn6)cc5)CC4)ccc3C2=O)C(=O)N1. The maximum absolute atomic E-state index is 13.1. The Morgan fingerprint density at radius 2 is 1.67 bits per heavy atom. The highest BCUT2D eigenvalue weighted by Crippen LogP contribution is 2.39. The Morgan fingerprint density at radius 1 is 0.896 bits per heavy atom. The molecule has 11 nitrogen and oxygen atoms in total. The first-order valence-electron chi connectivity index (χ1n) is 16.7. The predicted molar refractivity (Wildman–Crippen MR) is 178 cm³/mol. The van der Waals surface area contributed by atoms with Crippen LogP contribution in [0.2, 0.25) is 0 Å². The molecule has 2 aromatic heterocycles. The van der Waals surface area contributed by atoms with E-state index in [0.29, 0.717) is 43.2 Å². The van der Waals surface area contributed by atoms with E-state index < -0.39 is 17.6 Å². The first kappa shape index (κ1) is 30.3. The van der Waals surface area contributed by atoms with Crippen molar-refractivity contribution in [3.63, 3.8) is 0 Å². The summed E-state index contributed by atoms with van der Waals surface area (Å²) in [7, 11) is 0. The van der Waals surface area contributed by atoms with Crippen LogP contribution in [0.5, 0.6) is 0 Å². The van der Waals surface area contributed by atoms with Gasteiger partial charge in [0.25, 0.3) is 5.91 Å². The van der Waals surface area contributed by atoms with Crippen LogP contribution in [0.1, 0.15) is 77.1 Å². The van der Waals surface area contributed by atoms with E-state index in [1.165, 1.54) is 24.0 Å². The Hall–Kier alpha value is -5.00. The van der Waals surface area contributed by atoms with E-state index in [2.05, 4.69) is 54.8 Å². The number of carbonyl (C=O) groups is 3. The zero-order chi connectivity index (χ0) is 32.8. The lowest BCUT2D eigenvalue weighted by atomic mass is 9.83. The maximum Gasteiger partial charge on any atom is 0.255 e. The molecule has 4 aromatic rings. The number of nitrogens with zero attached hydrogens (tertiary/aromatic N) is 5. The molecule has 5 heterocycles. The van der Waals surface area contributed by atoms with Crippen LogP contribution in [0.15, 0.2) is 73.2 Å². The highest BCUT2D eigenvalue weighted by atomic mass is 16.3. The van der Waals surface area contributed by atoms with Gasteiger partial charge in [-0.3, -0.25) is 29.6 Å². The van der Waals surface area contributed by atoms with E-state index in [0.717, 1.165) is 47.7 Å². The molecule has 3 amide bonds. The molecule has 4 aliphatic rings. The number of hydrogen-bond donors (Lipinski definition) is 3. The predicted octanol–water partition coefficient (Wildman–Crippen LogP) is 4.40. The number of benzene rings is 2. The number of aliphatic hydroxyl groups is 1. The first-order valence-corrected chi connectivity index (χ1v) is 16.7. The van der Waals surface area contributed by atoms with Crippen molar-refractivity contribution in [2.75, 3.05) is 18.4 Å². The second-order valence-corrected chi connectivity index (χ2v) is 13.4. The van der Waals surface area contributed by atoms with E-state index >= 15 is 0 Å². The summed E-state index contributed by atoms with van der Waals surface area (Å²) < 4.78 is 0. The smallest absolute Gasteiger partial charge is 0.255 e. The fourth-order valence-electron chi connectivity index (χ4n) is 7.07. The minimum absolute atomic E-state index is 0.205. The average molecular weight is 644 g/mol. The van der Waals surface area contributed by atoms with Gasteiger partial charge in [-0.2, -0.15) is 0 Å². The first-order chi connectivity index (χ1) is 23.3. The summed E-state index contributed by atoms with van der Waals surface area (Å²) in [5, 5.41) is 17.2. The number of hydrogen-bond acceptors (Lipinski definition) is 9. The van der Waals surface area contributed by atoms with Gasteiger partial charge in [-0.1, -0.05) is 36.4 Å². The molecule has 3 N–H and O–H groups in total. The molecule has 3 aliphatic heterocycles. The minimum atomic E-state index is -0.987. The van der Waals surface area contributed by atoms with E-state index in [1.807, 2.05) is 36.7 Å². The van der Waals surface area contributed by atoms with Crippen LogP contribution in [-0.2, 0) is 28.3 Å². The molecular weight excluding hydrogens is 606 g/mol. The Bertz CT molecular complexity index is 1870. The molecule has 1 aliphatic carbocycles. The quantitative estimate of drug-likeness (QED) is 0.238. The number of anilines is 2. The number of likely N-dealkylation sites (tertiary alicyclic amines) is 1. The van der Waals surface area contributed by atoms with E-state index in [1.54, 1.807) is 17.2 Å². The summed E-state index contributed by atoms with van der Waals surface area (Å²) >= 11 is 0. The summed E-state index contributed by atoms with van der Waals surface area (Å²) in [4.78, 5) is 54.5. The van der Waals surface area contributed by atoms with Gasteiger partial charge < -0.3 is 15.3 Å². The molecule has 2 saturated heterocycles. The molecule has 1 atom stereocenters. The van der Waals surface area contributed by atoms with Crippen LogP contribution in [0.3, 0.4) is 0 Å². The van der Waals surface area contributed by atoms with Gasteiger partial charge in [0, 0.05) is 56.1 Å². The summed E-state index contributed by atoms with van der Waals surface area (Å²) in [6, 6.07) is 17.3. The van der Waals surface area contributed by atoms with Gasteiger partial charge >= 0.3 is 0 Å². The second kappa shape index (κ2) is 12.2. The number of nitrogens with one attached hydrogen (secondary N) is 2. The van der Waals surface area contributed by atoms with Crippen molar-refractivity contribution in [2.24, 2.45) is 0 Å². The molecule has 1 saturated carbocycles. The van der Waals surface area contributed by atoms with Gasteiger partial charge in [-0.15, -0.1) is 0 Å². The largest absolute Gasteiger partial charge is 0.385 e. The number of pyridine rings is 1. The van der Waals surface area contributed by atoms with Crippen LogP contribution in [-0.4, -0.2) is 66.7 Å². The van der Waals surface area contributed by atoms with Crippen molar-refractivity contribution in [1.29, 1.82) is 0 Å². The third-order valence-corrected chi connectivity index (χ3v) is 10.1. The second-order valence-electron chi connectivity index (χ2n) is 13.4. The molecule has 244 valence electrons. The van der Waals surface area contributed by atoms with Crippen molar-refractivity contribution < 1.29 is 19.5 Å². The van der Waals surface area contributed by atoms with Crippen molar-refractivity contribution >= 4 is 29.4 Å². The zero-order valence-corrected chi connectivity index (χ0v) is 26.6. The molecule has 1 unspecified atom stereocenters. The lowest BCUT2D eigenvalue weighted by Crippen LogP contribution is -2.52. The van der Waals surface area contributed by atoms with Gasteiger partial charge in [0.05, 0.1) is 23.2 Å². The van der Waals surface area contributed by atoms with Crippen LogP contribution in [0.25, 0.3) is 11.3 Å². The van der Waals surface area contributed by atoms with Gasteiger partial charge in [0.15, 0.2) is 0 Å². The summed E-state index contributed by atoms with van der Waals surface area (Å²) in [6.45, 7) is 2.55. The number of amides is 3. The highest BCUT2D eigenvalue weighted by molar-refractivity contribution is 6.05. The number of piperidine rings is 2. The molecule has 3 fully saturated rings. The standard InChI is InChI=1S/C37H37N7O4/c45-33-12-11-32(34(46)42-33)44-22-26-17-28(7-9-30(26)35(44)47)37(48)13-15-43(16-14-37)21-23-1-3-25(4-2-23)31-10-8-29(20-38-31)41-36-39-18-27(19-40-36)24-5-6-24/h1-4,7-10,17-20,24,32,48H,5-6,11-16,21-22H2,(H,39,40,41)(H,42,45,46). The van der Waals surface area contributed by atoms with Crippen LogP contribution >= 0.6 is 0 Å². The van der Waals surface area contributed by atoms with Crippen molar-refractivity contribution in [3.8, 4) is 11.3 Å². The van der Waals surface area contributed by atoms with Gasteiger partial charge in [-0.25, -0.2) is 9.97 Å². The zero-order valence-electron chi connectivity index (χ0n) is 26.6. The van der Waals surface area contributed by atoms with Gasteiger partial charge in [0.1, 0.15) is 6.04 Å². The summed E-state index contributed by atoms with van der Waals surface area (Å²) in [5.74, 6) is 0.266. The Labute approximate surface area is 278 Å².